The first-order valence-corrected chi connectivity index (χ1v) is 6.13. The van der Waals surface area contributed by atoms with E-state index in [2.05, 4.69) is 44.7 Å². The van der Waals surface area contributed by atoms with Crippen molar-refractivity contribution in [3.63, 3.8) is 0 Å². The molecular formula is C13H18S. The molecule has 14 heavy (non-hydrogen) atoms. The van der Waals surface area contributed by atoms with Crippen LogP contribution in [-0.4, -0.2) is 0 Å². The fraction of sp³-hybridized carbons (Fsp3) is 0.538. The van der Waals surface area contributed by atoms with E-state index in [9.17, 15) is 0 Å². The molecule has 1 atom stereocenters. The molecule has 0 aliphatic carbocycles. The van der Waals surface area contributed by atoms with Crippen LogP contribution in [0.3, 0.4) is 0 Å². The Hall–Kier alpha value is -0.740. The molecule has 1 heterocycles. The average molecular weight is 206 g/mol. The van der Waals surface area contributed by atoms with Crippen molar-refractivity contribution in [2.24, 2.45) is 5.92 Å². The van der Waals surface area contributed by atoms with Gasteiger partial charge >= 0.3 is 0 Å². The second-order valence-electron chi connectivity index (χ2n) is 3.50. The van der Waals surface area contributed by atoms with Crippen LogP contribution in [0.5, 0.6) is 0 Å². The Morgan fingerprint density at radius 3 is 2.57 bits per heavy atom. The molecular weight excluding hydrogens is 188 g/mol. The second kappa shape index (κ2) is 5.88. The maximum atomic E-state index is 3.26. The molecule has 0 saturated heterocycles. The molecule has 0 fully saturated rings. The molecule has 0 aromatic carbocycles. The van der Waals surface area contributed by atoms with E-state index in [1.165, 1.54) is 9.75 Å². The van der Waals surface area contributed by atoms with Crippen LogP contribution < -0.4 is 0 Å². The van der Waals surface area contributed by atoms with E-state index < -0.39 is 0 Å². The first-order valence-electron chi connectivity index (χ1n) is 5.32. The van der Waals surface area contributed by atoms with Crippen molar-refractivity contribution in [1.29, 1.82) is 0 Å². The minimum absolute atomic E-state index is 0.498. The summed E-state index contributed by atoms with van der Waals surface area (Å²) in [7, 11) is 0. The molecule has 0 N–H and O–H groups in total. The summed E-state index contributed by atoms with van der Waals surface area (Å²) in [6.45, 7) is 6.50. The molecule has 0 saturated carbocycles. The van der Waals surface area contributed by atoms with Gasteiger partial charge in [-0.05, 0) is 25.0 Å². The molecule has 1 aromatic heterocycles. The standard InChI is InChI=1S/C13H18S/c1-4-6-7-11(3)10-13-9-8-12(5-2)14-13/h8-9,11H,4-5,10H2,1-3H3. The molecule has 76 valence electrons. The van der Waals surface area contributed by atoms with Gasteiger partial charge in [0.1, 0.15) is 0 Å². The molecule has 0 spiro atoms. The fourth-order valence-electron chi connectivity index (χ4n) is 1.35. The van der Waals surface area contributed by atoms with Gasteiger partial charge in [-0.1, -0.05) is 26.7 Å². The van der Waals surface area contributed by atoms with Gasteiger partial charge in [0, 0.05) is 22.1 Å². The highest BCUT2D eigenvalue weighted by atomic mass is 32.1. The van der Waals surface area contributed by atoms with Crippen LogP contribution in [0.25, 0.3) is 0 Å². The van der Waals surface area contributed by atoms with Gasteiger partial charge in [0.05, 0.1) is 0 Å². The minimum atomic E-state index is 0.498. The molecule has 0 aliphatic heterocycles. The summed E-state index contributed by atoms with van der Waals surface area (Å²) < 4.78 is 0. The monoisotopic (exact) mass is 206 g/mol. The SMILES string of the molecule is CCC#CC(C)Cc1ccc(CC)s1. The zero-order chi connectivity index (χ0) is 10.4. The number of hydrogen-bond acceptors (Lipinski definition) is 1. The van der Waals surface area contributed by atoms with Crippen LogP contribution in [0, 0.1) is 17.8 Å². The molecule has 0 nitrogen and oxygen atoms in total. The first kappa shape index (κ1) is 11.3. The summed E-state index contributed by atoms with van der Waals surface area (Å²) in [5.74, 6) is 6.91. The summed E-state index contributed by atoms with van der Waals surface area (Å²) in [5.41, 5.74) is 0. The predicted octanol–water partition coefficient (Wildman–Crippen LogP) is 3.90. The molecule has 1 heteroatoms. The number of hydrogen-bond donors (Lipinski definition) is 0. The van der Waals surface area contributed by atoms with E-state index in [-0.39, 0.29) is 0 Å². The lowest BCUT2D eigenvalue weighted by molar-refractivity contribution is 0.759. The molecule has 0 amide bonds. The van der Waals surface area contributed by atoms with Gasteiger partial charge in [-0.2, -0.15) is 0 Å². The lowest BCUT2D eigenvalue weighted by Crippen LogP contribution is -1.93. The van der Waals surface area contributed by atoms with E-state index in [1.54, 1.807) is 0 Å². The maximum Gasteiger partial charge on any atom is 0.0222 e. The normalized spacial score (nSPS) is 11.9. The van der Waals surface area contributed by atoms with Crippen LogP contribution in [0.2, 0.25) is 0 Å². The van der Waals surface area contributed by atoms with Crippen LogP contribution in [0.15, 0.2) is 12.1 Å². The topological polar surface area (TPSA) is 0 Å². The van der Waals surface area contributed by atoms with Crippen molar-refractivity contribution in [3.8, 4) is 11.8 Å². The van der Waals surface area contributed by atoms with Crippen LogP contribution in [0.4, 0.5) is 0 Å². The third-order valence-electron chi connectivity index (χ3n) is 2.10. The smallest absolute Gasteiger partial charge is 0.0222 e. The molecule has 0 bridgehead atoms. The van der Waals surface area contributed by atoms with Gasteiger partial charge in [-0.15, -0.1) is 17.3 Å². The Labute approximate surface area is 91.4 Å². The Balaban J connectivity index is 2.51. The lowest BCUT2D eigenvalue weighted by atomic mass is 10.1. The molecule has 1 rings (SSSR count). The maximum absolute atomic E-state index is 3.26. The highest BCUT2D eigenvalue weighted by Gasteiger charge is 2.02. The molecule has 1 aromatic rings. The summed E-state index contributed by atoms with van der Waals surface area (Å²) >= 11 is 1.93. The number of thiophene rings is 1. The third-order valence-corrected chi connectivity index (χ3v) is 3.35. The summed E-state index contributed by atoms with van der Waals surface area (Å²) in [6.07, 6.45) is 3.23. The van der Waals surface area contributed by atoms with Crippen molar-refractivity contribution in [2.45, 2.75) is 40.0 Å². The van der Waals surface area contributed by atoms with Crippen molar-refractivity contribution < 1.29 is 0 Å². The van der Waals surface area contributed by atoms with Crippen molar-refractivity contribution in [2.75, 3.05) is 0 Å². The van der Waals surface area contributed by atoms with Crippen molar-refractivity contribution in [3.05, 3.63) is 21.9 Å². The van der Waals surface area contributed by atoms with Gasteiger partial charge < -0.3 is 0 Å². The van der Waals surface area contributed by atoms with Gasteiger partial charge in [0.2, 0.25) is 0 Å². The fourth-order valence-corrected chi connectivity index (χ4v) is 2.44. The largest absolute Gasteiger partial charge is 0.145 e. The summed E-state index contributed by atoms with van der Waals surface area (Å²) in [5, 5.41) is 0. The Morgan fingerprint density at radius 2 is 2.00 bits per heavy atom. The molecule has 1 unspecified atom stereocenters. The van der Waals surface area contributed by atoms with Gasteiger partial charge in [0.15, 0.2) is 0 Å². The van der Waals surface area contributed by atoms with Gasteiger partial charge in [-0.3, -0.25) is 0 Å². The number of aryl methyl sites for hydroxylation is 1. The van der Waals surface area contributed by atoms with Crippen LogP contribution in [-0.2, 0) is 12.8 Å². The van der Waals surface area contributed by atoms with Gasteiger partial charge in [0.25, 0.3) is 0 Å². The summed E-state index contributed by atoms with van der Waals surface area (Å²) in [6, 6.07) is 4.48. The Bertz CT molecular complexity index is 324. The Morgan fingerprint density at radius 1 is 1.29 bits per heavy atom. The van der Waals surface area contributed by atoms with E-state index in [0.29, 0.717) is 5.92 Å². The third kappa shape index (κ3) is 3.55. The molecule has 0 radical (unpaired) electrons. The molecule has 0 aliphatic rings. The van der Waals surface area contributed by atoms with E-state index in [1.807, 2.05) is 11.3 Å². The average Bonchev–Trinajstić information content (AvgIpc) is 2.62. The minimum Gasteiger partial charge on any atom is -0.145 e. The lowest BCUT2D eigenvalue weighted by Gasteiger charge is -1.99. The van der Waals surface area contributed by atoms with Crippen LogP contribution >= 0.6 is 11.3 Å². The van der Waals surface area contributed by atoms with Gasteiger partial charge in [-0.25, -0.2) is 0 Å². The zero-order valence-electron chi connectivity index (χ0n) is 9.26. The first-order chi connectivity index (χ1) is 6.76. The van der Waals surface area contributed by atoms with Crippen molar-refractivity contribution in [1.82, 2.24) is 0 Å². The van der Waals surface area contributed by atoms with E-state index in [4.69, 9.17) is 0 Å². The Kier molecular flexibility index (Phi) is 4.76. The summed E-state index contributed by atoms with van der Waals surface area (Å²) in [4.78, 5) is 2.95. The van der Waals surface area contributed by atoms with Crippen molar-refractivity contribution >= 4 is 11.3 Å². The second-order valence-corrected chi connectivity index (χ2v) is 4.75. The quantitative estimate of drug-likeness (QED) is 0.658. The highest BCUT2D eigenvalue weighted by molar-refractivity contribution is 7.11. The van der Waals surface area contributed by atoms with E-state index in [0.717, 1.165) is 19.3 Å². The van der Waals surface area contributed by atoms with Crippen LogP contribution in [0.1, 0.15) is 36.9 Å². The zero-order valence-corrected chi connectivity index (χ0v) is 10.1. The number of rotatable bonds is 3. The predicted molar refractivity (Wildman–Crippen MR) is 64.6 cm³/mol. The van der Waals surface area contributed by atoms with E-state index >= 15 is 0 Å². The highest BCUT2D eigenvalue weighted by Crippen LogP contribution is 2.19.